The Morgan fingerprint density at radius 3 is 2.64 bits per heavy atom. The number of hydrogen-bond acceptors (Lipinski definition) is 5. The van der Waals surface area contributed by atoms with Crippen LogP contribution in [0.5, 0.6) is 11.5 Å². The van der Waals surface area contributed by atoms with Crippen LogP contribution in [-0.2, 0) is 11.3 Å². The number of amides is 1. The van der Waals surface area contributed by atoms with E-state index in [1.54, 1.807) is 55.8 Å². The minimum absolute atomic E-state index is 0.136. The Labute approximate surface area is 143 Å². The van der Waals surface area contributed by atoms with E-state index in [9.17, 15) is 9.59 Å². The van der Waals surface area contributed by atoms with Gasteiger partial charge in [0.2, 0.25) is 5.91 Å². The second kappa shape index (κ2) is 7.52. The van der Waals surface area contributed by atoms with Gasteiger partial charge in [-0.05, 0) is 36.4 Å². The highest BCUT2D eigenvalue weighted by Crippen LogP contribution is 2.16. The summed E-state index contributed by atoms with van der Waals surface area (Å²) in [6.07, 6.45) is 1.61. The van der Waals surface area contributed by atoms with Crippen molar-refractivity contribution in [2.75, 3.05) is 20.3 Å². The summed E-state index contributed by atoms with van der Waals surface area (Å²) >= 11 is 0. The van der Waals surface area contributed by atoms with Crippen molar-refractivity contribution in [3.8, 4) is 11.5 Å². The summed E-state index contributed by atoms with van der Waals surface area (Å²) in [5.74, 6) is 1.13. The molecule has 3 rings (SSSR count). The number of carbonyl (C=O) groups excluding carboxylic acids is 1. The zero-order valence-electron chi connectivity index (χ0n) is 13.7. The normalized spacial score (nSPS) is 10.6. The smallest absolute Gasteiger partial charge is 0.350 e. The van der Waals surface area contributed by atoms with Crippen LogP contribution in [0, 0.1) is 0 Å². The van der Waals surface area contributed by atoms with Gasteiger partial charge < -0.3 is 14.8 Å². The highest BCUT2D eigenvalue weighted by atomic mass is 16.5. The zero-order chi connectivity index (χ0) is 17.6. The zero-order valence-corrected chi connectivity index (χ0v) is 13.7. The minimum Gasteiger partial charge on any atom is -0.497 e. The van der Waals surface area contributed by atoms with Crippen LogP contribution in [0.25, 0.3) is 5.65 Å². The van der Waals surface area contributed by atoms with Gasteiger partial charge in [0, 0.05) is 6.20 Å². The molecule has 8 heteroatoms. The van der Waals surface area contributed by atoms with E-state index in [0.29, 0.717) is 24.5 Å². The first kappa shape index (κ1) is 16.6. The van der Waals surface area contributed by atoms with Gasteiger partial charge in [-0.3, -0.25) is 9.20 Å². The van der Waals surface area contributed by atoms with Crippen LogP contribution < -0.4 is 20.5 Å². The van der Waals surface area contributed by atoms with Crippen LogP contribution in [0.3, 0.4) is 0 Å². The van der Waals surface area contributed by atoms with Crippen molar-refractivity contribution in [2.45, 2.75) is 6.54 Å². The number of methoxy groups -OCH3 is 1. The summed E-state index contributed by atoms with van der Waals surface area (Å²) in [6.45, 7) is 0.508. The lowest BCUT2D eigenvalue weighted by Gasteiger charge is -2.08. The number of nitrogens with zero attached hydrogens (tertiary/aromatic N) is 3. The van der Waals surface area contributed by atoms with Crippen molar-refractivity contribution < 1.29 is 14.3 Å². The molecular weight excluding hydrogens is 324 g/mol. The summed E-state index contributed by atoms with van der Waals surface area (Å²) in [4.78, 5) is 24.0. The molecule has 3 aromatic rings. The lowest BCUT2D eigenvalue weighted by atomic mass is 10.3. The van der Waals surface area contributed by atoms with Gasteiger partial charge in [-0.1, -0.05) is 6.07 Å². The average Bonchev–Trinajstić information content (AvgIpc) is 2.95. The number of ether oxygens (including phenoxy) is 2. The molecule has 0 aliphatic heterocycles. The fourth-order valence-electron chi connectivity index (χ4n) is 2.29. The van der Waals surface area contributed by atoms with E-state index in [1.807, 2.05) is 0 Å². The molecule has 0 fully saturated rings. The first-order chi connectivity index (χ1) is 12.2. The van der Waals surface area contributed by atoms with Crippen LogP contribution in [0.1, 0.15) is 0 Å². The number of pyridine rings is 1. The Bertz CT molecular complexity index is 914. The molecule has 0 saturated heterocycles. The van der Waals surface area contributed by atoms with Crippen LogP contribution in [0.15, 0.2) is 53.5 Å². The maximum Gasteiger partial charge on any atom is 0.350 e. The van der Waals surface area contributed by atoms with E-state index in [2.05, 4.69) is 10.4 Å². The van der Waals surface area contributed by atoms with E-state index >= 15 is 0 Å². The predicted octanol–water partition coefficient (Wildman–Crippen LogP) is 0.700. The fraction of sp³-hybridized carbons (Fsp3) is 0.235. The first-order valence-corrected chi connectivity index (χ1v) is 7.75. The molecule has 1 N–H and O–H groups in total. The Morgan fingerprint density at radius 1 is 1.16 bits per heavy atom. The Balaban J connectivity index is 1.47. The summed E-state index contributed by atoms with van der Waals surface area (Å²) in [6, 6.07) is 12.4. The molecule has 1 aromatic carbocycles. The molecule has 0 spiro atoms. The minimum atomic E-state index is -0.347. The van der Waals surface area contributed by atoms with E-state index in [-0.39, 0.29) is 18.1 Å². The molecule has 25 heavy (non-hydrogen) atoms. The van der Waals surface area contributed by atoms with Gasteiger partial charge in [-0.15, -0.1) is 5.10 Å². The molecule has 2 aromatic heterocycles. The van der Waals surface area contributed by atoms with E-state index in [4.69, 9.17) is 9.47 Å². The third kappa shape index (κ3) is 3.97. The predicted molar refractivity (Wildman–Crippen MR) is 91.0 cm³/mol. The number of fused-ring (bicyclic) bond motifs is 1. The van der Waals surface area contributed by atoms with E-state index in [0.717, 1.165) is 10.4 Å². The molecular formula is C17H18N4O4. The van der Waals surface area contributed by atoms with Gasteiger partial charge in [0.25, 0.3) is 0 Å². The Hall–Kier alpha value is -3.29. The summed E-state index contributed by atoms with van der Waals surface area (Å²) < 4.78 is 13.1. The molecule has 0 bridgehead atoms. The number of benzene rings is 1. The van der Waals surface area contributed by atoms with Crippen molar-refractivity contribution >= 4 is 11.6 Å². The number of aromatic nitrogens is 3. The summed E-state index contributed by atoms with van der Waals surface area (Å²) in [7, 11) is 1.60. The van der Waals surface area contributed by atoms with Crippen molar-refractivity contribution in [3.05, 3.63) is 59.1 Å². The van der Waals surface area contributed by atoms with Gasteiger partial charge in [0.15, 0.2) is 5.65 Å². The largest absolute Gasteiger partial charge is 0.497 e. The molecule has 0 aliphatic rings. The topological polar surface area (TPSA) is 86.9 Å². The number of nitrogens with one attached hydrogen (secondary N) is 1. The number of rotatable bonds is 7. The fourth-order valence-corrected chi connectivity index (χ4v) is 2.29. The third-order valence-corrected chi connectivity index (χ3v) is 3.53. The molecule has 0 radical (unpaired) electrons. The monoisotopic (exact) mass is 342 g/mol. The summed E-state index contributed by atoms with van der Waals surface area (Å²) in [5, 5.41) is 6.81. The molecule has 1 amide bonds. The molecule has 8 nitrogen and oxygen atoms in total. The Morgan fingerprint density at radius 2 is 1.92 bits per heavy atom. The molecule has 0 atom stereocenters. The molecule has 2 heterocycles. The molecule has 0 saturated carbocycles. The van der Waals surface area contributed by atoms with Crippen LogP contribution in [-0.4, -0.2) is 40.3 Å². The summed E-state index contributed by atoms with van der Waals surface area (Å²) in [5.41, 5.74) is 0.156. The van der Waals surface area contributed by atoms with Gasteiger partial charge in [0.1, 0.15) is 24.7 Å². The average molecular weight is 342 g/mol. The van der Waals surface area contributed by atoms with Crippen molar-refractivity contribution in [3.63, 3.8) is 0 Å². The van der Waals surface area contributed by atoms with Crippen LogP contribution >= 0.6 is 0 Å². The quantitative estimate of drug-likeness (QED) is 0.639. The van der Waals surface area contributed by atoms with Crippen molar-refractivity contribution in [1.29, 1.82) is 0 Å². The van der Waals surface area contributed by atoms with Gasteiger partial charge >= 0.3 is 5.69 Å². The number of carbonyl (C=O) groups is 1. The van der Waals surface area contributed by atoms with E-state index in [1.165, 1.54) is 4.40 Å². The van der Waals surface area contributed by atoms with Crippen LogP contribution in [0.4, 0.5) is 0 Å². The third-order valence-electron chi connectivity index (χ3n) is 3.53. The standard InChI is InChI=1S/C17H18N4O4/c1-24-13-5-7-14(8-6-13)25-11-9-18-16(22)12-21-17(23)20-10-3-2-4-15(20)19-21/h2-8,10H,9,11-12H2,1H3,(H,18,22). The molecule has 130 valence electrons. The van der Waals surface area contributed by atoms with Crippen LogP contribution in [0.2, 0.25) is 0 Å². The highest BCUT2D eigenvalue weighted by Gasteiger charge is 2.09. The maximum absolute atomic E-state index is 12.1. The van der Waals surface area contributed by atoms with Gasteiger partial charge in [-0.2, -0.15) is 0 Å². The van der Waals surface area contributed by atoms with Gasteiger partial charge in [0.05, 0.1) is 13.7 Å². The maximum atomic E-state index is 12.1. The lowest BCUT2D eigenvalue weighted by Crippen LogP contribution is -2.34. The lowest BCUT2D eigenvalue weighted by molar-refractivity contribution is -0.122. The van der Waals surface area contributed by atoms with Crippen molar-refractivity contribution in [1.82, 2.24) is 19.5 Å². The highest BCUT2D eigenvalue weighted by molar-refractivity contribution is 5.75. The Kier molecular flexibility index (Phi) is 4.98. The molecule has 0 unspecified atom stereocenters. The second-order valence-electron chi connectivity index (χ2n) is 5.24. The molecule has 0 aliphatic carbocycles. The van der Waals surface area contributed by atoms with Gasteiger partial charge in [-0.25, -0.2) is 9.48 Å². The van der Waals surface area contributed by atoms with E-state index < -0.39 is 0 Å². The van der Waals surface area contributed by atoms with Crippen molar-refractivity contribution in [2.24, 2.45) is 0 Å². The number of hydrogen-bond donors (Lipinski definition) is 1. The second-order valence-corrected chi connectivity index (χ2v) is 5.24. The SMILES string of the molecule is COc1ccc(OCCNC(=O)Cn2nc3ccccn3c2=O)cc1. The first-order valence-electron chi connectivity index (χ1n) is 7.75.